The Morgan fingerprint density at radius 2 is 1.76 bits per heavy atom. The second-order valence-corrected chi connectivity index (χ2v) is 6.75. The molecule has 7 nitrogen and oxygen atoms in total. The molecule has 2 aromatic carbocycles. The molecule has 0 unspecified atom stereocenters. The smallest absolute Gasteiger partial charge is 0.292 e. The zero-order chi connectivity index (χ0) is 20.1. The Kier molecular flexibility index (Phi) is 5.65. The van der Waals surface area contributed by atoms with E-state index in [1.54, 1.807) is 18.1 Å². The summed E-state index contributed by atoms with van der Waals surface area (Å²) in [7, 11) is 1.67. The van der Waals surface area contributed by atoms with E-state index in [9.17, 15) is 4.79 Å². The maximum atomic E-state index is 12.7. The Hall–Kier alpha value is -3.48. The summed E-state index contributed by atoms with van der Waals surface area (Å²) in [5, 5.41) is 3.86. The van der Waals surface area contributed by atoms with E-state index in [4.69, 9.17) is 14.0 Å². The van der Waals surface area contributed by atoms with Crippen molar-refractivity contribution in [3.8, 4) is 11.6 Å². The quantitative estimate of drug-likeness (QED) is 0.641. The zero-order valence-corrected chi connectivity index (χ0v) is 16.3. The predicted octanol–water partition coefficient (Wildman–Crippen LogP) is 3.22. The predicted molar refractivity (Wildman–Crippen MR) is 108 cm³/mol. The Labute approximate surface area is 169 Å². The van der Waals surface area contributed by atoms with Crippen LogP contribution in [0.5, 0.6) is 11.6 Å². The number of rotatable bonds is 6. The summed E-state index contributed by atoms with van der Waals surface area (Å²) >= 11 is 0. The molecule has 2 heterocycles. The number of hydrogen-bond acceptors (Lipinski definition) is 6. The van der Waals surface area contributed by atoms with Crippen LogP contribution in [0.15, 0.2) is 65.2 Å². The molecule has 1 aliphatic rings. The Balaban J connectivity index is 1.33. The molecule has 0 N–H and O–H groups in total. The summed E-state index contributed by atoms with van der Waals surface area (Å²) in [6.07, 6.45) is 0. The van der Waals surface area contributed by atoms with Gasteiger partial charge in [-0.1, -0.05) is 42.5 Å². The Morgan fingerprint density at radius 1 is 1.03 bits per heavy atom. The average molecular weight is 393 g/mol. The molecule has 1 fully saturated rings. The summed E-state index contributed by atoms with van der Waals surface area (Å²) in [4.78, 5) is 16.7. The Bertz CT molecular complexity index is 949. The van der Waals surface area contributed by atoms with E-state index in [2.05, 4.69) is 10.1 Å². The molecule has 0 bridgehead atoms. The van der Waals surface area contributed by atoms with Crippen LogP contribution in [0.3, 0.4) is 0 Å². The minimum atomic E-state index is -0.174. The van der Waals surface area contributed by atoms with E-state index in [0.29, 0.717) is 25.6 Å². The monoisotopic (exact) mass is 393 g/mol. The van der Waals surface area contributed by atoms with Crippen LogP contribution in [-0.2, 0) is 6.61 Å². The second kappa shape index (κ2) is 8.68. The van der Waals surface area contributed by atoms with E-state index in [1.807, 2.05) is 54.6 Å². The van der Waals surface area contributed by atoms with Crippen molar-refractivity contribution in [1.29, 1.82) is 0 Å². The number of piperazine rings is 1. The fourth-order valence-corrected chi connectivity index (χ4v) is 3.36. The molecule has 1 aromatic heterocycles. The number of ether oxygens (including phenoxy) is 2. The highest BCUT2D eigenvalue weighted by molar-refractivity contribution is 5.91. The van der Waals surface area contributed by atoms with Gasteiger partial charge in [0.15, 0.2) is 0 Å². The standard InChI is InChI=1S/C22H23N3O4/c1-27-19-10-6-5-9-18(19)24-11-13-25(14-12-24)22(26)20-15-21(23-29-20)28-16-17-7-3-2-4-8-17/h2-10,15H,11-14,16H2,1H3. The molecule has 7 heteroatoms. The molecule has 0 spiro atoms. The molecule has 0 atom stereocenters. The largest absolute Gasteiger partial charge is 0.495 e. The number of carbonyl (C=O) groups is 1. The van der Waals surface area contributed by atoms with Crippen molar-refractivity contribution in [3.63, 3.8) is 0 Å². The van der Waals surface area contributed by atoms with Gasteiger partial charge in [0.05, 0.1) is 18.9 Å². The number of methoxy groups -OCH3 is 1. The molecule has 0 saturated carbocycles. The van der Waals surface area contributed by atoms with Gasteiger partial charge in [-0.15, -0.1) is 0 Å². The summed E-state index contributed by atoms with van der Waals surface area (Å²) in [6.45, 7) is 3.00. The van der Waals surface area contributed by atoms with Gasteiger partial charge >= 0.3 is 0 Å². The lowest BCUT2D eigenvalue weighted by Crippen LogP contribution is -2.48. The van der Waals surface area contributed by atoms with Crippen LogP contribution in [0, 0.1) is 0 Å². The van der Waals surface area contributed by atoms with E-state index < -0.39 is 0 Å². The van der Waals surface area contributed by atoms with Crippen LogP contribution < -0.4 is 14.4 Å². The molecule has 4 rings (SSSR count). The van der Waals surface area contributed by atoms with Gasteiger partial charge in [-0.3, -0.25) is 4.79 Å². The average Bonchev–Trinajstić information content (AvgIpc) is 3.27. The minimum absolute atomic E-state index is 0.174. The van der Waals surface area contributed by atoms with Crippen molar-refractivity contribution >= 4 is 11.6 Å². The van der Waals surface area contributed by atoms with Gasteiger partial charge in [0.1, 0.15) is 12.4 Å². The first-order valence-electron chi connectivity index (χ1n) is 9.55. The van der Waals surface area contributed by atoms with Crippen LogP contribution in [0.1, 0.15) is 16.1 Å². The number of aromatic nitrogens is 1. The van der Waals surface area contributed by atoms with Gasteiger partial charge in [0.2, 0.25) is 5.76 Å². The van der Waals surface area contributed by atoms with E-state index in [-0.39, 0.29) is 11.7 Å². The van der Waals surface area contributed by atoms with Crippen LogP contribution in [0.25, 0.3) is 0 Å². The van der Waals surface area contributed by atoms with Crippen LogP contribution in [-0.4, -0.2) is 49.3 Å². The SMILES string of the molecule is COc1ccccc1N1CCN(C(=O)c2cc(OCc3ccccc3)no2)CC1. The normalized spacial score (nSPS) is 14.0. The lowest BCUT2D eigenvalue weighted by molar-refractivity contribution is 0.0704. The first kappa shape index (κ1) is 18.9. The summed E-state index contributed by atoms with van der Waals surface area (Å²) in [5.74, 6) is 1.16. The van der Waals surface area contributed by atoms with Crippen molar-refractivity contribution in [2.24, 2.45) is 0 Å². The molecule has 1 amide bonds. The number of para-hydroxylation sites is 2. The lowest BCUT2D eigenvalue weighted by atomic mass is 10.2. The van der Waals surface area contributed by atoms with Gasteiger partial charge < -0.3 is 23.8 Å². The van der Waals surface area contributed by atoms with Crippen molar-refractivity contribution in [2.45, 2.75) is 6.61 Å². The highest BCUT2D eigenvalue weighted by Crippen LogP contribution is 2.28. The van der Waals surface area contributed by atoms with Gasteiger partial charge in [-0.2, -0.15) is 0 Å². The summed E-state index contributed by atoms with van der Waals surface area (Å²) in [6, 6.07) is 19.2. The topological polar surface area (TPSA) is 68.0 Å². The highest BCUT2D eigenvalue weighted by Gasteiger charge is 2.26. The highest BCUT2D eigenvalue weighted by atomic mass is 16.5. The molecular weight excluding hydrogens is 370 g/mol. The number of nitrogens with zero attached hydrogens (tertiary/aromatic N) is 3. The molecule has 29 heavy (non-hydrogen) atoms. The number of anilines is 1. The molecule has 1 saturated heterocycles. The van der Waals surface area contributed by atoms with Gasteiger partial charge in [-0.05, 0) is 22.9 Å². The third-order valence-electron chi connectivity index (χ3n) is 4.92. The lowest BCUT2D eigenvalue weighted by Gasteiger charge is -2.36. The summed E-state index contributed by atoms with van der Waals surface area (Å²) < 4.78 is 16.3. The van der Waals surface area contributed by atoms with Gasteiger partial charge in [0.25, 0.3) is 11.8 Å². The van der Waals surface area contributed by atoms with Crippen molar-refractivity contribution in [2.75, 3.05) is 38.2 Å². The van der Waals surface area contributed by atoms with Gasteiger partial charge in [0, 0.05) is 26.2 Å². The maximum Gasteiger partial charge on any atom is 0.292 e. The van der Waals surface area contributed by atoms with Crippen LogP contribution in [0.2, 0.25) is 0 Å². The van der Waals surface area contributed by atoms with E-state index in [0.717, 1.165) is 30.1 Å². The molecule has 0 radical (unpaired) electrons. The van der Waals surface area contributed by atoms with Crippen LogP contribution >= 0.6 is 0 Å². The molecule has 3 aromatic rings. The summed E-state index contributed by atoms with van der Waals surface area (Å²) in [5.41, 5.74) is 2.06. The zero-order valence-electron chi connectivity index (χ0n) is 16.3. The van der Waals surface area contributed by atoms with E-state index >= 15 is 0 Å². The van der Waals surface area contributed by atoms with Gasteiger partial charge in [-0.25, -0.2) is 0 Å². The third kappa shape index (κ3) is 4.34. The Morgan fingerprint density at radius 3 is 2.52 bits per heavy atom. The van der Waals surface area contributed by atoms with Crippen molar-refractivity contribution < 1.29 is 18.8 Å². The fourth-order valence-electron chi connectivity index (χ4n) is 3.36. The molecular formula is C22H23N3O4. The first-order chi connectivity index (χ1) is 14.2. The number of carbonyl (C=O) groups excluding carboxylic acids is 1. The molecule has 150 valence electrons. The van der Waals surface area contributed by atoms with Crippen LogP contribution in [0.4, 0.5) is 5.69 Å². The maximum absolute atomic E-state index is 12.7. The van der Waals surface area contributed by atoms with Crippen molar-refractivity contribution in [1.82, 2.24) is 10.1 Å². The second-order valence-electron chi connectivity index (χ2n) is 6.75. The van der Waals surface area contributed by atoms with E-state index in [1.165, 1.54) is 0 Å². The number of amides is 1. The fraction of sp³-hybridized carbons (Fsp3) is 0.273. The number of benzene rings is 2. The molecule has 1 aliphatic heterocycles. The third-order valence-corrected chi connectivity index (χ3v) is 4.92. The minimum Gasteiger partial charge on any atom is -0.495 e. The molecule has 0 aliphatic carbocycles. The van der Waals surface area contributed by atoms with Crippen molar-refractivity contribution in [3.05, 3.63) is 72.0 Å². The number of hydrogen-bond donors (Lipinski definition) is 0. The first-order valence-corrected chi connectivity index (χ1v) is 9.55.